The Morgan fingerprint density at radius 1 is 1.73 bits per heavy atom. The van der Waals surface area contributed by atoms with Crippen LogP contribution in [0.25, 0.3) is 0 Å². The second-order valence-electron chi connectivity index (χ2n) is 3.67. The van der Waals surface area contributed by atoms with Crippen molar-refractivity contribution in [1.29, 1.82) is 0 Å². The molecule has 0 radical (unpaired) electrons. The summed E-state index contributed by atoms with van der Waals surface area (Å²) in [6.07, 6.45) is 4.18. The lowest BCUT2D eigenvalue weighted by molar-refractivity contribution is 0.539. The van der Waals surface area contributed by atoms with E-state index in [1.165, 1.54) is 5.57 Å². The fraction of sp³-hybridized carbons (Fsp3) is 0.600. The maximum absolute atomic E-state index is 3.73. The fourth-order valence-corrected chi connectivity index (χ4v) is 1.11. The lowest BCUT2D eigenvalue weighted by Crippen LogP contribution is -2.19. The molecular weight excluding hydrogens is 134 g/mol. The second-order valence-corrected chi connectivity index (χ2v) is 3.67. The van der Waals surface area contributed by atoms with Gasteiger partial charge < -0.3 is 5.32 Å². The standard InChI is InChI=1S/C10H17N/c1-5-8(2)6-9(3)10(4)7-11-10/h5-6,9,11H,1,7H2,2-4H3/b8-6-. The molecule has 2 unspecified atom stereocenters. The Morgan fingerprint density at radius 3 is 2.64 bits per heavy atom. The normalized spacial score (nSPS) is 33.2. The van der Waals surface area contributed by atoms with Crippen LogP contribution >= 0.6 is 0 Å². The van der Waals surface area contributed by atoms with Crippen LogP contribution in [0.4, 0.5) is 0 Å². The van der Waals surface area contributed by atoms with Gasteiger partial charge in [0.1, 0.15) is 0 Å². The van der Waals surface area contributed by atoms with Crippen molar-refractivity contribution in [2.45, 2.75) is 26.3 Å². The van der Waals surface area contributed by atoms with E-state index in [9.17, 15) is 0 Å². The van der Waals surface area contributed by atoms with Gasteiger partial charge in [0.05, 0.1) is 0 Å². The summed E-state index contributed by atoms with van der Waals surface area (Å²) in [6, 6.07) is 0. The number of allylic oxidation sites excluding steroid dienone is 2. The van der Waals surface area contributed by atoms with E-state index < -0.39 is 0 Å². The minimum absolute atomic E-state index is 0.365. The van der Waals surface area contributed by atoms with E-state index in [-0.39, 0.29) is 0 Å². The highest BCUT2D eigenvalue weighted by atomic mass is 15.2. The smallest absolute Gasteiger partial charge is 0.0339 e. The average Bonchev–Trinajstić information content (AvgIpc) is 2.69. The van der Waals surface area contributed by atoms with Gasteiger partial charge in [0, 0.05) is 12.1 Å². The van der Waals surface area contributed by atoms with Crippen molar-refractivity contribution in [1.82, 2.24) is 5.32 Å². The van der Waals surface area contributed by atoms with E-state index in [0.29, 0.717) is 11.5 Å². The van der Waals surface area contributed by atoms with Crippen LogP contribution in [0.3, 0.4) is 0 Å². The summed E-state index contributed by atoms with van der Waals surface area (Å²) in [5, 5.41) is 3.36. The summed E-state index contributed by atoms with van der Waals surface area (Å²) < 4.78 is 0. The maximum atomic E-state index is 3.73. The molecule has 11 heavy (non-hydrogen) atoms. The van der Waals surface area contributed by atoms with E-state index in [2.05, 4.69) is 38.7 Å². The van der Waals surface area contributed by atoms with Gasteiger partial charge >= 0.3 is 0 Å². The summed E-state index contributed by atoms with van der Waals surface area (Å²) in [5.74, 6) is 0.612. The van der Waals surface area contributed by atoms with Crippen molar-refractivity contribution in [3.05, 3.63) is 24.3 Å². The molecule has 0 bridgehead atoms. The number of hydrogen-bond donors (Lipinski definition) is 1. The van der Waals surface area contributed by atoms with Crippen LogP contribution in [0.15, 0.2) is 24.3 Å². The summed E-state index contributed by atoms with van der Waals surface area (Å²) in [4.78, 5) is 0. The highest BCUT2D eigenvalue weighted by Gasteiger charge is 2.40. The van der Waals surface area contributed by atoms with Crippen molar-refractivity contribution < 1.29 is 0 Å². The van der Waals surface area contributed by atoms with Crippen LogP contribution in [0.5, 0.6) is 0 Å². The van der Waals surface area contributed by atoms with Gasteiger partial charge in [-0.1, -0.05) is 31.2 Å². The Kier molecular flexibility index (Phi) is 2.19. The lowest BCUT2D eigenvalue weighted by atomic mass is 9.94. The molecule has 0 aromatic rings. The Labute approximate surface area is 69.2 Å². The zero-order valence-electron chi connectivity index (χ0n) is 7.65. The van der Waals surface area contributed by atoms with Gasteiger partial charge in [-0.3, -0.25) is 0 Å². The van der Waals surface area contributed by atoms with E-state index in [1.54, 1.807) is 0 Å². The Bertz CT molecular complexity index is 187. The summed E-state index contributed by atoms with van der Waals surface area (Å²) >= 11 is 0. The van der Waals surface area contributed by atoms with Crippen LogP contribution in [-0.2, 0) is 0 Å². The first-order chi connectivity index (χ1) is 5.08. The van der Waals surface area contributed by atoms with Crippen molar-refractivity contribution in [2.75, 3.05) is 6.54 Å². The van der Waals surface area contributed by atoms with Gasteiger partial charge in [-0.15, -0.1) is 0 Å². The lowest BCUT2D eigenvalue weighted by Gasteiger charge is -2.12. The van der Waals surface area contributed by atoms with Gasteiger partial charge in [0.2, 0.25) is 0 Å². The van der Waals surface area contributed by atoms with E-state index in [1.807, 2.05) is 6.08 Å². The Balaban J connectivity index is 2.55. The van der Waals surface area contributed by atoms with Crippen LogP contribution in [-0.4, -0.2) is 12.1 Å². The molecule has 0 aromatic heterocycles. The molecule has 1 aliphatic rings. The van der Waals surface area contributed by atoms with Gasteiger partial charge in [-0.25, -0.2) is 0 Å². The molecule has 1 nitrogen and oxygen atoms in total. The van der Waals surface area contributed by atoms with Crippen LogP contribution < -0.4 is 5.32 Å². The topological polar surface area (TPSA) is 21.9 Å². The molecule has 1 heterocycles. The summed E-state index contributed by atoms with van der Waals surface area (Å²) in [6.45, 7) is 11.5. The van der Waals surface area contributed by atoms with Crippen LogP contribution in [0.1, 0.15) is 20.8 Å². The summed E-state index contributed by atoms with van der Waals surface area (Å²) in [7, 11) is 0. The summed E-state index contributed by atoms with van der Waals surface area (Å²) in [5.41, 5.74) is 1.64. The van der Waals surface area contributed by atoms with Crippen LogP contribution in [0, 0.1) is 5.92 Å². The van der Waals surface area contributed by atoms with Crippen molar-refractivity contribution in [2.24, 2.45) is 5.92 Å². The predicted octanol–water partition coefficient (Wildman–Crippen LogP) is 2.12. The highest BCUT2D eigenvalue weighted by molar-refractivity contribution is 5.19. The first-order valence-corrected chi connectivity index (χ1v) is 4.14. The van der Waals surface area contributed by atoms with Gasteiger partial charge in [0.15, 0.2) is 0 Å². The third-order valence-electron chi connectivity index (χ3n) is 2.57. The van der Waals surface area contributed by atoms with E-state index >= 15 is 0 Å². The predicted molar refractivity (Wildman–Crippen MR) is 49.5 cm³/mol. The zero-order chi connectivity index (χ0) is 8.48. The first kappa shape index (κ1) is 8.54. The minimum atomic E-state index is 0.365. The molecule has 0 aliphatic carbocycles. The van der Waals surface area contributed by atoms with E-state index in [4.69, 9.17) is 0 Å². The largest absolute Gasteiger partial charge is 0.308 e. The molecule has 1 heteroatoms. The third-order valence-corrected chi connectivity index (χ3v) is 2.57. The Hall–Kier alpha value is -0.560. The molecular formula is C10H17N. The Morgan fingerprint density at radius 2 is 2.27 bits per heavy atom. The number of nitrogens with one attached hydrogen (secondary N) is 1. The molecule has 0 spiro atoms. The molecule has 1 saturated heterocycles. The van der Waals surface area contributed by atoms with Gasteiger partial charge in [0.25, 0.3) is 0 Å². The van der Waals surface area contributed by atoms with Crippen molar-refractivity contribution in [3.63, 3.8) is 0 Å². The van der Waals surface area contributed by atoms with Gasteiger partial charge in [-0.05, 0) is 19.8 Å². The molecule has 1 N–H and O–H groups in total. The molecule has 0 amide bonds. The number of rotatable bonds is 3. The van der Waals surface area contributed by atoms with Crippen molar-refractivity contribution in [3.8, 4) is 0 Å². The monoisotopic (exact) mass is 151 g/mol. The van der Waals surface area contributed by atoms with E-state index in [0.717, 1.165) is 6.54 Å². The first-order valence-electron chi connectivity index (χ1n) is 4.14. The fourth-order valence-electron chi connectivity index (χ4n) is 1.11. The quantitative estimate of drug-likeness (QED) is 0.484. The highest BCUT2D eigenvalue weighted by Crippen LogP contribution is 2.27. The second kappa shape index (κ2) is 2.82. The average molecular weight is 151 g/mol. The molecule has 1 fully saturated rings. The van der Waals surface area contributed by atoms with Crippen LogP contribution in [0.2, 0.25) is 0 Å². The van der Waals surface area contributed by atoms with Crippen molar-refractivity contribution >= 4 is 0 Å². The minimum Gasteiger partial charge on any atom is -0.308 e. The maximum Gasteiger partial charge on any atom is 0.0339 e. The molecule has 1 rings (SSSR count). The SMILES string of the molecule is C=C/C(C)=C\C(C)C1(C)CN1. The molecule has 62 valence electrons. The number of hydrogen-bond acceptors (Lipinski definition) is 1. The van der Waals surface area contributed by atoms with Gasteiger partial charge in [-0.2, -0.15) is 0 Å². The molecule has 1 aliphatic heterocycles. The molecule has 0 aromatic carbocycles. The third kappa shape index (κ3) is 1.93. The molecule has 2 atom stereocenters. The molecule has 0 saturated carbocycles. The zero-order valence-corrected chi connectivity index (χ0v) is 7.65.